The first-order valence-electron chi connectivity index (χ1n) is 7.47. The summed E-state index contributed by atoms with van der Waals surface area (Å²) >= 11 is 1.73. The molecule has 3 aromatic rings. The SMILES string of the molecule is CCc1ccc(CNC(=O)Nc2ccccc2-n2cccn2)s1. The largest absolute Gasteiger partial charge is 0.333 e. The van der Waals surface area contributed by atoms with Gasteiger partial charge in [-0.3, -0.25) is 0 Å². The molecule has 2 heterocycles. The quantitative estimate of drug-likeness (QED) is 0.749. The first-order chi connectivity index (χ1) is 11.3. The molecule has 6 heteroatoms. The number of aryl methyl sites for hydroxylation is 1. The first-order valence-corrected chi connectivity index (χ1v) is 8.29. The summed E-state index contributed by atoms with van der Waals surface area (Å²) in [5.41, 5.74) is 1.55. The van der Waals surface area contributed by atoms with Crippen LogP contribution in [0.3, 0.4) is 0 Å². The zero-order valence-corrected chi connectivity index (χ0v) is 13.6. The fourth-order valence-corrected chi connectivity index (χ4v) is 3.13. The summed E-state index contributed by atoms with van der Waals surface area (Å²) in [5.74, 6) is 0. The highest BCUT2D eigenvalue weighted by molar-refractivity contribution is 7.11. The number of hydrogen-bond donors (Lipinski definition) is 2. The fraction of sp³-hybridized carbons (Fsp3) is 0.176. The van der Waals surface area contributed by atoms with Crippen LogP contribution in [0.5, 0.6) is 0 Å². The highest BCUT2D eigenvalue weighted by Crippen LogP contribution is 2.19. The van der Waals surface area contributed by atoms with Gasteiger partial charge in [-0.25, -0.2) is 9.48 Å². The molecular formula is C17H18N4OS. The van der Waals surface area contributed by atoms with Gasteiger partial charge in [-0.15, -0.1) is 11.3 Å². The molecule has 0 radical (unpaired) electrons. The van der Waals surface area contributed by atoms with E-state index in [-0.39, 0.29) is 6.03 Å². The average molecular weight is 326 g/mol. The van der Waals surface area contributed by atoms with Gasteiger partial charge in [-0.05, 0) is 36.8 Å². The number of rotatable bonds is 5. The third-order valence-corrected chi connectivity index (χ3v) is 4.62. The number of amides is 2. The van der Waals surface area contributed by atoms with Gasteiger partial charge in [-0.2, -0.15) is 5.10 Å². The molecule has 0 atom stereocenters. The second kappa shape index (κ2) is 7.11. The molecule has 0 aliphatic carbocycles. The van der Waals surface area contributed by atoms with Gasteiger partial charge >= 0.3 is 6.03 Å². The van der Waals surface area contributed by atoms with E-state index in [9.17, 15) is 4.79 Å². The van der Waals surface area contributed by atoms with Crippen molar-refractivity contribution < 1.29 is 4.79 Å². The van der Waals surface area contributed by atoms with Crippen LogP contribution in [0.2, 0.25) is 0 Å². The van der Waals surface area contributed by atoms with Gasteiger partial charge < -0.3 is 10.6 Å². The van der Waals surface area contributed by atoms with Gasteiger partial charge in [0.1, 0.15) is 0 Å². The van der Waals surface area contributed by atoms with Crippen LogP contribution in [0.1, 0.15) is 16.7 Å². The van der Waals surface area contributed by atoms with Crippen LogP contribution in [0, 0.1) is 0 Å². The zero-order valence-electron chi connectivity index (χ0n) is 12.8. The molecule has 0 spiro atoms. The van der Waals surface area contributed by atoms with Gasteiger partial charge in [0.25, 0.3) is 0 Å². The maximum atomic E-state index is 12.1. The summed E-state index contributed by atoms with van der Waals surface area (Å²) in [4.78, 5) is 14.6. The van der Waals surface area contributed by atoms with Crippen molar-refractivity contribution in [3.05, 3.63) is 64.6 Å². The third kappa shape index (κ3) is 3.78. The highest BCUT2D eigenvalue weighted by atomic mass is 32.1. The van der Waals surface area contributed by atoms with Crippen molar-refractivity contribution in [3.63, 3.8) is 0 Å². The predicted molar refractivity (Wildman–Crippen MR) is 93.1 cm³/mol. The molecule has 0 unspecified atom stereocenters. The summed E-state index contributed by atoms with van der Waals surface area (Å²) in [6.45, 7) is 2.66. The lowest BCUT2D eigenvalue weighted by atomic mass is 10.2. The van der Waals surface area contributed by atoms with Crippen molar-refractivity contribution in [1.82, 2.24) is 15.1 Å². The van der Waals surface area contributed by atoms with Crippen LogP contribution in [0.15, 0.2) is 54.9 Å². The summed E-state index contributed by atoms with van der Waals surface area (Å²) in [6.07, 6.45) is 4.57. The Labute approximate surface area is 139 Å². The van der Waals surface area contributed by atoms with Gasteiger partial charge in [0.2, 0.25) is 0 Å². The van der Waals surface area contributed by atoms with Crippen molar-refractivity contribution in [2.75, 3.05) is 5.32 Å². The molecule has 1 aromatic carbocycles. The van der Waals surface area contributed by atoms with E-state index in [0.717, 1.165) is 17.0 Å². The number of aromatic nitrogens is 2. The maximum Gasteiger partial charge on any atom is 0.319 e. The summed E-state index contributed by atoms with van der Waals surface area (Å²) in [7, 11) is 0. The Kier molecular flexibility index (Phi) is 4.73. The smallest absolute Gasteiger partial charge is 0.319 e. The van der Waals surface area contributed by atoms with E-state index in [2.05, 4.69) is 34.8 Å². The number of hydrogen-bond acceptors (Lipinski definition) is 3. The van der Waals surface area contributed by atoms with Crippen molar-refractivity contribution in [3.8, 4) is 5.69 Å². The van der Waals surface area contributed by atoms with Crippen LogP contribution in [0.4, 0.5) is 10.5 Å². The number of thiophene rings is 1. The Morgan fingerprint density at radius 2 is 2.00 bits per heavy atom. The van der Waals surface area contributed by atoms with Crippen molar-refractivity contribution in [2.45, 2.75) is 19.9 Å². The molecule has 23 heavy (non-hydrogen) atoms. The number of para-hydroxylation sites is 2. The molecule has 2 amide bonds. The Morgan fingerprint density at radius 1 is 1.17 bits per heavy atom. The number of nitrogens with zero attached hydrogens (tertiary/aromatic N) is 2. The number of benzene rings is 1. The molecular weight excluding hydrogens is 308 g/mol. The van der Waals surface area contributed by atoms with Gasteiger partial charge in [-0.1, -0.05) is 19.1 Å². The molecule has 0 saturated carbocycles. The summed E-state index contributed by atoms with van der Waals surface area (Å²) in [6, 6.07) is 13.4. The second-order valence-corrected chi connectivity index (χ2v) is 6.25. The predicted octanol–water partition coefficient (Wildman–Crippen LogP) is 3.82. The molecule has 3 rings (SSSR count). The summed E-state index contributed by atoms with van der Waals surface area (Å²) < 4.78 is 1.72. The number of urea groups is 1. The van der Waals surface area contributed by atoms with Crippen LogP contribution in [0.25, 0.3) is 5.69 Å². The van der Waals surface area contributed by atoms with Crippen molar-refractivity contribution in [1.29, 1.82) is 0 Å². The molecule has 0 aliphatic rings. The lowest BCUT2D eigenvalue weighted by Gasteiger charge is -2.11. The zero-order chi connectivity index (χ0) is 16.1. The topological polar surface area (TPSA) is 59.0 Å². The lowest BCUT2D eigenvalue weighted by Crippen LogP contribution is -2.28. The van der Waals surface area contributed by atoms with Crippen LogP contribution < -0.4 is 10.6 Å². The minimum atomic E-state index is -0.226. The minimum Gasteiger partial charge on any atom is -0.333 e. The molecule has 2 N–H and O–H groups in total. The lowest BCUT2D eigenvalue weighted by molar-refractivity contribution is 0.252. The molecule has 118 valence electrons. The van der Waals surface area contributed by atoms with E-state index >= 15 is 0 Å². The first kappa shape index (κ1) is 15.3. The molecule has 2 aromatic heterocycles. The second-order valence-electron chi connectivity index (χ2n) is 5.00. The Hall–Kier alpha value is -2.60. The monoisotopic (exact) mass is 326 g/mol. The molecule has 0 aliphatic heterocycles. The number of carbonyl (C=O) groups excluding carboxylic acids is 1. The van der Waals surface area contributed by atoms with E-state index in [1.54, 1.807) is 22.2 Å². The maximum absolute atomic E-state index is 12.1. The average Bonchev–Trinajstić information content (AvgIpc) is 3.25. The Bertz CT molecular complexity index is 780. The highest BCUT2D eigenvalue weighted by Gasteiger charge is 2.08. The molecule has 5 nitrogen and oxygen atoms in total. The molecule has 0 saturated heterocycles. The number of anilines is 1. The normalized spacial score (nSPS) is 10.5. The van der Waals surface area contributed by atoms with Crippen molar-refractivity contribution in [2.24, 2.45) is 0 Å². The Morgan fingerprint density at radius 3 is 2.74 bits per heavy atom. The van der Waals surface area contributed by atoms with Crippen LogP contribution in [-0.2, 0) is 13.0 Å². The van der Waals surface area contributed by atoms with E-state index in [4.69, 9.17) is 0 Å². The van der Waals surface area contributed by atoms with Crippen LogP contribution in [-0.4, -0.2) is 15.8 Å². The Balaban J connectivity index is 1.64. The van der Waals surface area contributed by atoms with E-state index in [1.807, 2.05) is 36.5 Å². The van der Waals surface area contributed by atoms with E-state index in [0.29, 0.717) is 12.2 Å². The minimum absolute atomic E-state index is 0.226. The molecule has 0 bridgehead atoms. The third-order valence-electron chi connectivity index (χ3n) is 3.39. The van der Waals surface area contributed by atoms with Gasteiger partial charge in [0, 0.05) is 22.1 Å². The van der Waals surface area contributed by atoms with Crippen LogP contribution >= 0.6 is 11.3 Å². The number of nitrogens with one attached hydrogen (secondary N) is 2. The standard InChI is InChI=1S/C17H18N4OS/c1-2-13-8-9-14(23-13)12-18-17(22)20-15-6-3-4-7-16(15)21-11-5-10-19-21/h3-11H,2,12H2,1H3,(H2,18,20,22). The van der Waals surface area contributed by atoms with Crippen molar-refractivity contribution >= 4 is 23.1 Å². The summed E-state index contributed by atoms with van der Waals surface area (Å²) in [5, 5.41) is 9.98. The van der Waals surface area contributed by atoms with Gasteiger partial charge in [0.15, 0.2) is 0 Å². The molecule has 0 fully saturated rings. The van der Waals surface area contributed by atoms with E-state index < -0.39 is 0 Å². The van der Waals surface area contributed by atoms with E-state index in [1.165, 1.54) is 4.88 Å². The fourth-order valence-electron chi connectivity index (χ4n) is 2.23. The van der Waals surface area contributed by atoms with Gasteiger partial charge in [0.05, 0.1) is 17.9 Å². The number of carbonyl (C=O) groups is 1.